The Balaban J connectivity index is 1.74. The highest BCUT2D eigenvalue weighted by molar-refractivity contribution is 6.46. The molecule has 9 nitrogen and oxygen atoms in total. The monoisotopic (exact) mass is 509 g/mol. The Morgan fingerprint density at radius 3 is 2.51 bits per heavy atom. The van der Waals surface area contributed by atoms with Crippen LogP contribution in [0.2, 0.25) is 0 Å². The van der Waals surface area contributed by atoms with Gasteiger partial charge in [0, 0.05) is 44.1 Å². The first-order valence-corrected chi connectivity index (χ1v) is 12.9. The lowest BCUT2D eigenvalue weighted by Gasteiger charge is -2.31. The fourth-order valence-electron chi connectivity index (χ4n) is 4.61. The summed E-state index contributed by atoms with van der Waals surface area (Å²) >= 11 is 0. The maximum atomic E-state index is 13.3. The van der Waals surface area contributed by atoms with Crippen molar-refractivity contribution in [2.45, 2.75) is 32.7 Å². The molecule has 0 radical (unpaired) electrons. The van der Waals surface area contributed by atoms with Crippen LogP contribution in [0.5, 0.6) is 11.5 Å². The number of benzene rings is 1. The molecule has 2 fully saturated rings. The number of nitrogens with zero attached hydrogens (tertiary/aromatic N) is 3. The number of aliphatic hydroxyl groups excluding tert-OH is 1. The first-order chi connectivity index (χ1) is 18.0. The summed E-state index contributed by atoms with van der Waals surface area (Å²) in [5.41, 5.74) is 1.15. The zero-order chi connectivity index (χ0) is 26.2. The van der Waals surface area contributed by atoms with Gasteiger partial charge in [0.15, 0.2) is 11.5 Å². The third kappa shape index (κ3) is 6.11. The minimum atomic E-state index is -0.766. The number of Topliss-reactive ketones (excluding diaryl/α,β-unsaturated/α-hetero) is 1. The normalized spacial score (nSPS) is 19.8. The molecular formula is C28H35N3O6. The minimum Gasteiger partial charge on any atom is -0.507 e. The largest absolute Gasteiger partial charge is 0.507 e. The van der Waals surface area contributed by atoms with Crippen molar-refractivity contribution in [2.75, 3.05) is 52.6 Å². The Labute approximate surface area is 217 Å². The van der Waals surface area contributed by atoms with E-state index in [-0.39, 0.29) is 11.3 Å². The maximum Gasteiger partial charge on any atom is 0.295 e. The molecule has 37 heavy (non-hydrogen) atoms. The number of carbonyl (C=O) groups is 2. The molecule has 0 aliphatic carbocycles. The van der Waals surface area contributed by atoms with Crippen molar-refractivity contribution in [1.82, 2.24) is 14.8 Å². The van der Waals surface area contributed by atoms with Crippen molar-refractivity contribution < 1.29 is 28.9 Å². The summed E-state index contributed by atoms with van der Waals surface area (Å²) in [6, 6.07) is 7.92. The van der Waals surface area contributed by atoms with Gasteiger partial charge >= 0.3 is 0 Å². The molecule has 1 atom stereocenters. The second-order valence-electron chi connectivity index (χ2n) is 9.02. The molecule has 1 amide bonds. The van der Waals surface area contributed by atoms with E-state index < -0.39 is 17.7 Å². The average Bonchev–Trinajstić information content (AvgIpc) is 3.18. The van der Waals surface area contributed by atoms with Gasteiger partial charge in [-0.15, -0.1) is 0 Å². The van der Waals surface area contributed by atoms with E-state index in [9.17, 15) is 14.7 Å². The Morgan fingerprint density at radius 1 is 1.05 bits per heavy atom. The molecule has 0 saturated carbocycles. The number of ketones is 1. The molecule has 4 rings (SSSR count). The van der Waals surface area contributed by atoms with Crippen LogP contribution in [0, 0.1) is 0 Å². The highest BCUT2D eigenvalue weighted by Crippen LogP contribution is 2.42. The van der Waals surface area contributed by atoms with Gasteiger partial charge in [0.05, 0.1) is 38.0 Å². The third-order valence-electron chi connectivity index (χ3n) is 6.59. The second-order valence-corrected chi connectivity index (χ2v) is 9.02. The quantitative estimate of drug-likeness (QED) is 0.213. The first kappa shape index (κ1) is 26.6. The highest BCUT2D eigenvalue weighted by atomic mass is 16.5. The van der Waals surface area contributed by atoms with E-state index >= 15 is 0 Å². The molecule has 1 aromatic heterocycles. The number of pyridine rings is 1. The lowest BCUT2D eigenvalue weighted by atomic mass is 9.95. The van der Waals surface area contributed by atoms with Gasteiger partial charge < -0.3 is 24.2 Å². The van der Waals surface area contributed by atoms with E-state index in [1.54, 1.807) is 17.0 Å². The van der Waals surface area contributed by atoms with E-state index in [1.165, 1.54) is 12.4 Å². The number of aromatic nitrogens is 1. The number of morpholine rings is 1. The lowest BCUT2D eigenvalue weighted by Crippen LogP contribution is -2.42. The number of amides is 1. The van der Waals surface area contributed by atoms with Crippen molar-refractivity contribution >= 4 is 17.4 Å². The standard InChI is InChI=1S/C28H35N3O6/c1-3-5-16-37-22-7-6-21(19-23(22)36-4-2)25-24(26(32)20-8-10-29-11-9-20)27(33)28(34)31(25)13-12-30-14-17-35-18-15-30/h6-11,19,25,32H,3-5,12-18H2,1-2H3/b26-24+. The smallest absolute Gasteiger partial charge is 0.295 e. The number of hydrogen-bond donors (Lipinski definition) is 1. The van der Waals surface area contributed by atoms with Gasteiger partial charge in [-0.05, 0) is 43.2 Å². The van der Waals surface area contributed by atoms with Crippen molar-refractivity contribution in [3.05, 3.63) is 59.4 Å². The topological polar surface area (TPSA) is 101 Å². The molecule has 1 unspecified atom stereocenters. The minimum absolute atomic E-state index is 0.0558. The number of ether oxygens (including phenoxy) is 3. The van der Waals surface area contributed by atoms with Crippen molar-refractivity contribution in [3.63, 3.8) is 0 Å². The van der Waals surface area contributed by atoms with Gasteiger partial charge in [-0.25, -0.2) is 0 Å². The zero-order valence-electron chi connectivity index (χ0n) is 21.5. The molecule has 0 spiro atoms. The number of hydrogen-bond acceptors (Lipinski definition) is 8. The summed E-state index contributed by atoms with van der Waals surface area (Å²) in [5.74, 6) is -0.407. The summed E-state index contributed by atoms with van der Waals surface area (Å²) in [6.07, 6.45) is 5.00. The van der Waals surface area contributed by atoms with Crippen LogP contribution >= 0.6 is 0 Å². The Hall–Kier alpha value is -3.43. The van der Waals surface area contributed by atoms with Crippen LogP contribution in [0.1, 0.15) is 43.9 Å². The number of carbonyl (C=O) groups excluding carboxylic acids is 2. The second kappa shape index (κ2) is 12.7. The summed E-state index contributed by atoms with van der Waals surface area (Å²) in [5, 5.41) is 11.2. The van der Waals surface area contributed by atoms with Crippen molar-refractivity contribution in [2.24, 2.45) is 0 Å². The van der Waals surface area contributed by atoms with Crippen LogP contribution in [0.4, 0.5) is 0 Å². The lowest BCUT2D eigenvalue weighted by molar-refractivity contribution is -0.140. The predicted octanol–water partition coefficient (Wildman–Crippen LogP) is 3.41. The summed E-state index contributed by atoms with van der Waals surface area (Å²) < 4.78 is 17.2. The van der Waals surface area contributed by atoms with Gasteiger partial charge in [-0.2, -0.15) is 0 Å². The molecular weight excluding hydrogens is 474 g/mol. The van der Waals surface area contributed by atoms with Gasteiger partial charge in [0.1, 0.15) is 5.76 Å². The van der Waals surface area contributed by atoms with Crippen LogP contribution in [-0.2, 0) is 14.3 Å². The Morgan fingerprint density at radius 2 is 1.81 bits per heavy atom. The Bertz CT molecular complexity index is 1110. The molecule has 2 aliphatic rings. The van der Waals surface area contributed by atoms with Crippen LogP contribution < -0.4 is 9.47 Å². The fraction of sp³-hybridized carbons (Fsp3) is 0.464. The number of aliphatic hydroxyl groups is 1. The van der Waals surface area contributed by atoms with Crippen LogP contribution in [0.15, 0.2) is 48.3 Å². The Kier molecular flexibility index (Phi) is 9.14. The van der Waals surface area contributed by atoms with Crippen molar-refractivity contribution in [3.8, 4) is 11.5 Å². The van der Waals surface area contributed by atoms with Gasteiger partial charge in [0.2, 0.25) is 0 Å². The zero-order valence-corrected chi connectivity index (χ0v) is 21.5. The maximum absolute atomic E-state index is 13.3. The van der Waals surface area contributed by atoms with Crippen LogP contribution in [0.3, 0.4) is 0 Å². The summed E-state index contributed by atoms with van der Waals surface area (Å²) in [6.45, 7) is 8.73. The summed E-state index contributed by atoms with van der Waals surface area (Å²) in [4.78, 5) is 34.3. The molecule has 1 N–H and O–H groups in total. The molecule has 3 heterocycles. The van der Waals surface area contributed by atoms with E-state index in [0.717, 1.165) is 25.9 Å². The van der Waals surface area contributed by atoms with Crippen LogP contribution in [-0.4, -0.2) is 84.2 Å². The predicted molar refractivity (Wildman–Crippen MR) is 139 cm³/mol. The number of likely N-dealkylation sites (tertiary alicyclic amines) is 1. The van der Waals surface area contributed by atoms with E-state index in [2.05, 4.69) is 16.8 Å². The van der Waals surface area contributed by atoms with E-state index in [4.69, 9.17) is 14.2 Å². The van der Waals surface area contributed by atoms with Gasteiger partial charge in [-0.1, -0.05) is 19.4 Å². The molecule has 2 aliphatic heterocycles. The first-order valence-electron chi connectivity index (χ1n) is 12.9. The van der Waals surface area contributed by atoms with Crippen molar-refractivity contribution in [1.29, 1.82) is 0 Å². The van der Waals surface area contributed by atoms with Gasteiger partial charge in [0.25, 0.3) is 11.7 Å². The molecule has 0 bridgehead atoms. The van der Waals surface area contributed by atoms with E-state index in [0.29, 0.717) is 62.1 Å². The third-order valence-corrected chi connectivity index (χ3v) is 6.59. The SMILES string of the molecule is CCCCOc1ccc(C2/C(=C(\O)c3ccncc3)C(=O)C(=O)N2CCN2CCOCC2)cc1OCC. The number of rotatable bonds is 11. The highest BCUT2D eigenvalue weighted by Gasteiger charge is 2.46. The average molecular weight is 510 g/mol. The fourth-order valence-corrected chi connectivity index (χ4v) is 4.61. The molecule has 2 saturated heterocycles. The molecule has 9 heteroatoms. The molecule has 1 aromatic carbocycles. The van der Waals surface area contributed by atoms with Gasteiger partial charge in [-0.3, -0.25) is 19.5 Å². The van der Waals surface area contributed by atoms with E-state index in [1.807, 2.05) is 25.1 Å². The summed E-state index contributed by atoms with van der Waals surface area (Å²) in [7, 11) is 0. The molecule has 2 aromatic rings. The molecule has 198 valence electrons. The van der Waals surface area contributed by atoms with Crippen LogP contribution in [0.25, 0.3) is 5.76 Å². The number of unbranched alkanes of at least 4 members (excludes halogenated alkanes) is 1.